The van der Waals surface area contributed by atoms with E-state index in [-0.39, 0.29) is 5.56 Å². The summed E-state index contributed by atoms with van der Waals surface area (Å²) in [7, 11) is 0. The molecule has 0 amide bonds. The number of allylic oxidation sites excluding steroid dienone is 2. The average molecular weight is 238 g/mol. The molecule has 0 atom stereocenters. The molecule has 0 heterocycles. The minimum atomic E-state index is -2.92. The van der Waals surface area contributed by atoms with Crippen molar-refractivity contribution in [1.82, 2.24) is 0 Å². The fourth-order valence-corrected chi connectivity index (χ4v) is 1.84. The van der Waals surface area contributed by atoms with Crippen LogP contribution in [0.15, 0.2) is 36.1 Å². The van der Waals surface area contributed by atoms with E-state index in [1.807, 2.05) is 13.0 Å². The van der Waals surface area contributed by atoms with E-state index in [4.69, 9.17) is 4.74 Å². The van der Waals surface area contributed by atoms with Crippen molar-refractivity contribution < 1.29 is 13.5 Å². The third-order valence-corrected chi connectivity index (χ3v) is 2.91. The van der Waals surface area contributed by atoms with Gasteiger partial charge in [-0.05, 0) is 25.8 Å². The molecule has 1 aliphatic rings. The van der Waals surface area contributed by atoms with Gasteiger partial charge in [-0.1, -0.05) is 29.8 Å². The number of alkyl halides is 2. The summed E-state index contributed by atoms with van der Waals surface area (Å²) in [6.07, 6.45) is 4.62. The maximum atomic E-state index is 13.8. The molecule has 0 bridgehead atoms. The van der Waals surface area contributed by atoms with Crippen molar-refractivity contribution in [2.75, 3.05) is 6.61 Å². The van der Waals surface area contributed by atoms with Crippen molar-refractivity contribution in [2.24, 2.45) is 0 Å². The Hall–Kier alpha value is -1.38. The zero-order valence-corrected chi connectivity index (χ0v) is 9.88. The number of hydrogen-bond donors (Lipinski definition) is 0. The van der Waals surface area contributed by atoms with Crippen LogP contribution in [0.25, 0.3) is 0 Å². The SMILES string of the molecule is Cc1ccc(C(F)(F)COC2=CCCC2)cc1. The average Bonchev–Trinajstić information content (AvgIpc) is 2.80. The van der Waals surface area contributed by atoms with Crippen molar-refractivity contribution in [3.63, 3.8) is 0 Å². The maximum Gasteiger partial charge on any atom is 0.306 e. The monoisotopic (exact) mass is 238 g/mol. The molecule has 1 nitrogen and oxygen atoms in total. The first-order valence-corrected chi connectivity index (χ1v) is 5.85. The van der Waals surface area contributed by atoms with Gasteiger partial charge in [0.15, 0.2) is 6.61 Å². The van der Waals surface area contributed by atoms with E-state index in [1.165, 1.54) is 12.1 Å². The molecule has 0 fully saturated rings. The van der Waals surface area contributed by atoms with Gasteiger partial charge >= 0.3 is 5.92 Å². The molecule has 0 radical (unpaired) electrons. The first-order valence-electron chi connectivity index (χ1n) is 5.85. The van der Waals surface area contributed by atoms with E-state index < -0.39 is 12.5 Å². The van der Waals surface area contributed by atoms with Crippen molar-refractivity contribution in [1.29, 1.82) is 0 Å². The van der Waals surface area contributed by atoms with Crippen LogP contribution in [0.1, 0.15) is 30.4 Å². The lowest BCUT2D eigenvalue weighted by Crippen LogP contribution is -2.20. The standard InChI is InChI=1S/C14H16F2O/c1-11-6-8-12(9-7-11)14(15,16)10-17-13-4-2-3-5-13/h4,6-9H,2-3,5,10H2,1H3. The molecule has 0 spiro atoms. The Morgan fingerprint density at radius 2 is 1.94 bits per heavy atom. The summed E-state index contributed by atoms with van der Waals surface area (Å²) in [5.74, 6) is -2.21. The van der Waals surface area contributed by atoms with E-state index in [0.717, 1.165) is 24.8 Å². The number of hydrogen-bond acceptors (Lipinski definition) is 1. The summed E-state index contributed by atoms with van der Waals surface area (Å²) >= 11 is 0. The Kier molecular flexibility index (Phi) is 3.46. The van der Waals surface area contributed by atoms with E-state index in [0.29, 0.717) is 5.76 Å². The van der Waals surface area contributed by atoms with Crippen LogP contribution in [0.3, 0.4) is 0 Å². The van der Waals surface area contributed by atoms with Gasteiger partial charge in [0.25, 0.3) is 0 Å². The Bertz CT molecular complexity index is 407. The van der Waals surface area contributed by atoms with E-state index >= 15 is 0 Å². The molecule has 0 unspecified atom stereocenters. The molecule has 1 aromatic rings. The van der Waals surface area contributed by atoms with Gasteiger partial charge in [0.2, 0.25) is 0 Å². The summed E-state index contributed by atoms with van der Waals surface area (Å²) in [5, 5.41) is 0. The number of ether oxygens (including phenoxy) is 1. The van der Waals surface area contributed by atoms with Crippen LogP contribution in [0, 0.1) is 6.92 Å². The van der Waals surface area contributed by atoms with Crippen LogP contribution < -0.4 is 0 Å². The van der Waals surface area contributed by atoms with E-state index in [2.05, 4.69) is 0 Å². The molecule has 17 heavy (non-hydrogen) atoms. The molecule has 1 aliphatic carbocycles. The fourth-order valence-electron chi connectivity index (χ4n) is 1.84. The zero-order chi connectivity index (χ0) is 12.3. The second-order valence-electron chi connectivity index (χ2n) is 4.42. The molecule has 0 saturated carbocycles. The molecule has 92 valence electrons. The van der Waals surface area contributed by atoms with Gasteiger partial charge in [0.1, 0.15) is 0 Å². The number of aryl methyl sites for hydroxylation is 1. The van der Waals surface area contributed by atoms with Gasteiger partial charge in [-0.2, -0.15) is 8.78 Å². The van der Waals surface area contributed by atoms with Gasteiger partial charge in [-0.3, -0.25) is 0 Å². The molecular weight excluding hydrogens is 222 g/mol. The van der Waals surface area contributed by atoms with Crippen molar-refractivity contribution >= 4 is 0 Å². The molecule has 1 aromatic carbocycles. The second-order valence-corrected chi connectivity index (χ2v) is 4.42. The van der Waals surface area contributed by atoms with Gasteiger partial charge in [-0.25, -0.2) is 0 Å². The van der Waals surface area contributed by atoms with Crippen LogP contribution in [0.4, 0.5) is 8.78 Å². The largest absolute Gasteiger partial charge is 0.492 e. The zero-order valence-electron chi connectivity index (χ0n) is 9.88. The van der Waals surface area contributed by atoms with Gasteiger partial charge in [0, 0.05) is 12.0 Å². The lowest BCUT2D eigenvalue weighted by molar-refractivity contribution is -0.0666. The molecule has 0 saturated heterocycles. The highest BCUT2D eigenvalue weighted by atomic mass is 19.3. The molecular formula is C14H16F2O. The molecule has 0 aromatic heterocycles. The van der Waals surface area contributed by atoms with E-state index in [1.54, 1.807) is 12.1 Å². The molecule has 0 aliphatic heterocycles. The molecule has 0 N–H and O–H groups in total. The topological polar surface area (TPSA) is 9.23 Å². The highest BCUT2D eigenvalue weighted by Crippen LogP contribution is 2.30. The minimum absolute atomic E-state index is 0.0155. The summed E-state index contributed by atoms with van der Waals surface area (Å²) in [5.41, 5.74) is 0.991. The quantitative estimate of drug-likeness (QED) is 0.765. The Morgan fingerprint density at radius 1 is 1.24 bits per heavy atom. The van der Waals surface area contributed by atoms with Crippen molar-refractivity contribution in [3.05, 3.63) is 47.2 Å². The lowest BCUT2D eigenvalue weighted by Gasteiger charge is -2.18. The Morgan fingerprint density at radius 3 is 2.53 bits per heavy atom. The first-order chi connectivity index (χ1) is 8.08. The smallest absolute Gasteiger partial charge is 0.306 e. The predicted molar refractivity (Wildman–Crippen MR) is 63.0 cm³/mol. The molecule has 2 rings (SSSR count). The Balaban J connectivity index is 1.99. The molecule has 3 heteroatoms. The summed E-state index contributed by atoms with van der Waals surface area (Å²) in [6.45, 7) is 1.31. The normalized spacial score (nSPS) is 15.8. The lowest BCUT2D eigenvalue weighted by atomic mass is 10.1. The third-order valence-electron chi connectivity index (χ3n) is 2.91. The second kappa shape index (κ2) is 4.86. The van der Waals surface area contributed by atoms with Crippen LogP contribution in [0.2, 0.25) is 0 Å². The highest BCUT2D eigenvalue weighted by Gasteiger charge is 2.32. The van der Waals surface area contributed by atoms with Crippen molar-refractivity contribution in [2.45, 2.75) is 32.1 Å². The van der Waals surface area contributed by atoms with Crippen molar-refractivity contribution in [3.8, 4) is 0 Å². The highest BCUT2D eigenvalue weighted by molar-refractivity contribution is 5.25. The number of halogens is 2. The first kappa shape index (κ1) is 12.1. The summed E-state index contributed by atoms with van der Waals surface area (Å²) < 4.78 is 32.7. The number of benzene rings is 1. The summed E-state index contributed by atoms with van der Waals surface area (Å²) in [4.78, 5) is 0. The maximum absolute atomic E-state index is 13.8. The van der Waals surface area contributed by atoms with Gasteiger partial charge < -0.3 is 4.74 Å². The van der Waals surface area contributed by atoms with E-state index in [9.17, 15) is 8.78 Å². The Labute approximate surface area is 100 Å². The van der Waals surface area contributed by atoms with Gasteiger partial charge in [0.05, 0.1) is 5.76 Å². The number of rotatable bonds is 4. The van der Waals surface area contributed by atoms with Crippen LogP contribution in [0.5, 0.6) is 0 Å². The third kappa shape index (κ3) is 3.05. The van der Waals surface area contributed by atoms with Crippen LogP contribution in [-0.4, -0.2) is 6.61 Å². The predicted octanol–water partition coefficient (Wildman–Crippen LogP) is 4.17. The fraction of sp³-hybridized carbons (Fsp3) is 0.429. The van der Waals surface area contributed by atoms with Crippen LogP contribution >= 0.6 is 0 Å². The minimum Gasteiger partial charge on any atom is -0.492 e. The van der Waals surface area contributed by atoms with Crippen LogP contribution in [-0.2, 0) is 10.7 Å². The van der Waals surface area contributed by atoms with Gasteiger partial charge in [-0.15, -0.1) is 0 Å². The summed E-state index contributed by atoms with van der Waals surface area (Å²) in [6, 6.07) is 6.31.